The molecule has 0 N–H and O–H groups in total. The normalized spacial score (nSPS) is 35.9. The van der Waals surface area contributed by atoms with Crippen molar-refractivity contribution in [1.82, 2.24) is 4.90 Å². The Hall–Kier alpha value is -0.410. The predicted molar refractivity (Wildman–Crippen MR) is 75.2 cm³/mol. The fraction of sp³-hybridized carbons (Fsp3) is 0.938. The molecule has 3 heteroatoms. The van der Waals surface area contributed by atoms with Gasteiger partial charge in [0.15, 0.2) is 0 Å². The highest BCUT2D eigenvalue weighted by atomic mass is 16.5. The number of likely N-dealkylation sites (tertiary alicyclic amines) is 1. The van der Waals surface area contributed by atoms with Crippen molar-refractivity contribution in [2.24, 2.45) is 5.92 Å². The Kier molecular flexibility index (Phi) is 3.95. The lowest BCUT2D eigenvalue weighted by Crippen LogP contribution is -2.43. The Morgan fingerprint density at radius 2 is 2.05 bits per heavy atom. The first-order chi connectivity index (χ1) is 9.17. The summed E-state index contributed by atoms with van der Waals surface area (Å²) in [6.45, 7) is 4.98. The molecule has 3 aliphatic rings. The van der Waals surface area contributed by atoms with Crippen molar-refractivity contribution in [3.8, 4) is 0 Å². The van der Waals surface area contributed by atoms with Crippen LogP contribution in [-0.2, 0) is 9.53 Å². The average Bonchev–Trinajstić information content (AvgIpc) is 2.78. The first-order valence-corrected chi connectivity index (χ1v) is 8.10. The van der Waals surface area contributed by atoms with Gasteiger partial charge in [-0.15, -0.1) is 0 Å². The van der Waals surface area contributed by atoms with Crippen molar-refractivity contribution in [2.45, 2.75) is 70.0 Å². The lowest BCUT2D eigenvalue weighted by Gasteiger charge is -2.35. The van der Waals surface area contributed by atoms with Crippen molar-refractivity contribution in [3.63, 3.8) is 0 Å². The van der Waals surface area contributed by atoms with Crippen LogP contribution in [0.1, 0.15) is 58.3 Å². The number of ketones is 1. The summed E-state index contributed by atoms with van der Waals surface area (Å²) in [7, 11) is 0. The van der Waals surface area contributed by atoms with E-state index in [0.717, 1.165) is 26.1 Å². The molecule has 2 aliphatic heterocycles. The molecule has 0 amide bonds. The van der Waals surface area contributed by atoms with E-state index in [4.69, 9.17) is 4.74 Å². The first-order valence-electron chi connectivity index (χ1n) is 8.10. The van der Waals surface area contributed by atoms with Crippen LogP contribution in [0, 0.1) is 5.92 Å². The highest BCUT2D eigenvalue weighted by molar-refractivity contribution is 5.81. The van der Waals surface area contributed by atoms with E-state index in [-0.39, 0.29) is 11.5 Å². The van der Waals surface area contributed by atoms with Gasteiger partial charge in [-0.2, -0.15) is 0 Å². The minimum Gasteiger partial charge on any atom is -0.370 e. The van der Waals surface area contributed by atoms with Gasteiger partial charge in [-0.3, -0.25) is 9.69 Å². The van der Waals surface area contributed by atoms with Gasteiger partial charge in [0.25, 0.3) is 0 Å². The van der Waals surface area contributed by atoms with Crippen LogP contribution in [0.4, 0.5) is 0 Å². The van der Waals surface area contributed by atoms with Crippen molar-refractivity contribution in [2.75, 3.05) is 19.6 Å². The smallest absolute Gasteiger partial charge is 0.138 e. The molecule has 0 aromatic rings. The summed E-state index contributed by atoms with van der Waals surface area (Å²) in [6.07, 6.45) is 10.3. The summed E-state index contributed by atoms with van der Waals surface area (Å²) in [6, 6.07) is 0. The van der Waals surface area contributed by atoms with E-state index in [1.807, 2.05) is 0 Å². The minimum absolute atomic E-state index is 0.221. The molecule has 1 aliphatic carbocycles. The van der Waals surface area contributed by atoms with Crippen LogP contribution in [0.5, 0.6) is 0 Å². The van der Waals surface area contributed by atoms with Crippen LogP contribution in [0.25, 0.3) is 0 Å². The summed E-state index contributed by atoms with van der Waals surface area (Å²) >= 11 is 0. The molecule has 0 aromatic heterocycles. The number of carbonyl (C=O) groups excluding carboxylic acids is 1. The number of Topliss-reactive ketones (excluding diaryl/α,β-unsaturated/α-hetero) is 1. The van der Waals surface area contributed by atoms with Gasteiger partial charge in [-0.1, -0.05) is 26.2 Å². The van der Waals surface area contributed by atoms with Gasteiger partial charge < -0.3 is 4.74 Å². The number of nitrogens with zero attached hydrogens (tertiary/aromatic N) is 1. The molecule has 2 heterocycles. The van der Waals surface area contributed by atoms with Crippen LogP contribution in [0.2, 0.25) is 0 Å². The van der Waals surface area contributed by atoms with E-state index >= 15 is 0 Å². The number of ether oxygens (including phenoxy) is 1. The molecule has 3 rings (SSSR count). The number of rotatable bonds is 2. The van der Waals surface area contributed by atoms with Gasteiger partial charge in [0.2, 0.25) is 0 Å². The molecule has 108 valence electrons. The largest absolute Gasteiger partial charge is 0.370 e. The molecule has 2 atom stereocenters. The van der Waals surface area contributed by atoms with Crippen LogP contribution in [0.15, 0.2) is 0 Å². The van der Waals surface area contributed by atoms with Gasteiger partial charge in [0.1, 0.15) is 5.78 Å². The third-order valence-corrected chi connectivity index (χ3v) is 5.32. The molecule has 0 radical (unpaired) electrons. The molecule has 3 nitrogen and oxygen atoms in total. The van der Waals surface area contributed by atoms with E-state index in [9.17, 15) is 4.79 Å². The summed E-state index contributed by atoms with van der Waals surface area (Å²) in [5.41, 5.74) is 0.236. The molecular weight excluding hydrogens is 238 g/mol. The molecule has 1 spiro atoms. The van der Waals surface area contributed by atoms with Crippen LogP contribution < -0.4 is 0 Å². The summed E-state index contributed by atoms with van der Waals surface area (Å²) in [5, 5.41) is 0. The molecule has 0 bridgehead atoms. The number of hydrogen-bond acceptors (Lipinski definition) is 3. The molecular formula is C16H27NO2. The van der Waals surface area contributed by atoms with Crippen molar-refractivity contribution in [3.05, 3.63) is 0 Å². The molecule has 3 fully saturated rings. The maximum atomic E-state index is 11.6. The molecule has 0 aromatic carbocycles. The second-order valence-corrected chi connectivity index (χ2v) is 6.90. The van der Waals surface area contributed by atoms with Crippen molar-refractivity contribution >= 4 is 5.78 Å². The van der Waals surface area contributed by atoms with E-state index in [2.05, 4.69) is 11.8 Å². The number of piperidine rings is 1. The van der Waals surface area contributed by atoms with E-state index in [1.165, 1.54) is 44.9 Å². The van der Waals surface area contributed by atoms with Crippen LogP contribution in [-0.4, -0.2) is 42.0 Å². The second-order valence-electron chi connectivity index (χ2n) is 6.90. The van der Waals surface area contributed by atoms with E-state index in [0.29, 0.717) is 11.9 Å². The standard InChI is InChI=1S/C16H27NO2/c1-13-11-17(10-6-15(13)18)12-14-5-9-16(19-14)7-3-2-4-8-16/h13-14H,2-12H2,1H3. The Morgan fingerprint density at radius 1 is 1.26 bits per heavy atom. The average molecular weight is 265 g/mol. The van der Waals surface area contributed by atoms with Gasteiger partial charge in [0, 0.05) is 32.0 Å². The lowest BCUT2D eigenvalue weighted by molar-refractivity contribution is -0.126. The van der Waals surface area contributed by atoms with Gasteiger partial charge in [0.05, 0.1) is 11.7 Å². The Labute approximate surface area is 116 Å². The third-order valence-electron chi connectivity index (χ3n) is 5.32. The topological polar surface area (TPSA) is 29.5 Å². The third kappa shape index (κ3) is 3.03. The highest BCUT2D eigenvalue weighted by Crippen LogP contribution is 2.42. The van der Waals surface area contributed by atoms with Crippen molar-refractivity contribution < 1.29 is 9.53 Å². The van der Waals surface area contributed by atoms with Crippen LogP contribution >= 0.6 is 0 Å². The number of hydrogen-bond donors (Lipinski definition) is 0. The predicted octanol–water partition coefficient (Wildman–Crippen LogP) is 2.78. The molecule has 2 unspecified atom stereocenters. The minimum atomic E-state index is 0.221. The second kappa shape index (κ2) is 5.53. The van der Waals surface area contributed by atoms with Crippen LogP contribution in [0.3, 0.4) is 0 Å². The van der Waals surface area contributed by atoms with Gasteiger partial charge in [-0.05, 0) is 25.7 Å². The Bertz CT molecular complexity index is 336. The maximum Gasteiger partial charge on any atom is 0.138 e. The monoisotopic (exact) mass is 265 g/mol. The summed E-state index contributed by atoms with van der Waals surface area (Å²) in [5.74, 6) is 0.658. The Balaban J connectivity index is 1.50. The molecule has 2 saturated heterocycles. The fourth-order valence-electron chi connectivity index (χ4n) is 4.14. The van der Waals surface area contributed by atoms with Crippen molar-refractivity contribution in [1.29, 1.82) is 0 Å². The SMILES string of the molecule is CC1CN(CC2CCC3(CCCCC3)O2)CCC1=O. The zero-order valence-electron chi connectivity index (χ0n) is 12.2. The number of carbonyl (C=O) groups is 1. The fourth-order valence-corrected chi connectivity index (χ4v) is 4.14. The van der Waals surface area contributed by atoms with Gasteiger partial charge in [-0.25, -0.2) is 0 Å². The Morgan fingerprint density at radius 3 is 2.79 bits per heavy atom. The highest BCUT2D eigenvalue weighted by Gasteiger charge is 2.41. The van der Waals surface area contributed by atoms with E-state index in [1.54, 1.807) is 0 Å². The lowest BCUT2D eigenvalue weighted by atomic mass is 9.83. The molecule has 19 heavy (non-hydrogen) atoms. The summed E-state index contributed by atoms with van der Waals surface area (Å²) in [4.78, 5) is 14.0. The molecule has 1 saturated carbocycles. The zero-order chi connectivity index (χ0) is 13.3. The first kappa shape index (κ1) is 13.6. The van der Waals surface area contributed by atoms with Gasteiger partial charge >= 0.3 is 0 Å². The zero-order valence-corrected chi connectivity index (χ0v) is 12.2. The summed E-state index contributed by atoms with van der Waals surface area (Å²) < 4.78 is 6.43. The maximum absolute atomic E-state index is 11.6. The quantitative estimate of drug-likeness (QED) is 0.769. The van der Waals surface area contributed by atoms with E-state index < -0.39 is 0 Å².